The number of imidazole rings is 2. The minimum atomic E-state index is -4.37. The van der Waals surface area contributed by atoms with Gasteiger partial charge in [0.05, 0.1) is 37.6 Å². The number of nitrogens with one attached hydrogen (secondary N) is 1. The third kappa shape index (κ3) is 5.27. The summed E-state index contributed by atoms with van der Waals surface area (Å²) in [6.07, 6.45) is -6.92. The van der Waals surface area contributed by atoms with E-state index in [-0.39, 0.29) is 28.0 Å². The van der Waals surface area contributed by atoms with Crippen molar-refractivity contribution >= 4 is 65.6 Å². The number of nitrogens with two attached hydrogens (primary N) is 1. The maximum Gasteiger partial charge on any atom is 0.386 e. The molecule has 10 atom stereocenters. The van der Waals surface area contributed by atoms with Crippen LogP contribution in [0.1, 0.15) is 12.5 Å². The van der Waals surface area contributed by atoms with Crippen molar-refractivity contribution in [1.29, 1.82) is 0 Å². The molecule has 3 saturated heterocycles. The van der Waals surface area contributed by atoms with E-state index >= 15 is 4.39 Å². The van der Waals surface area contributed by atoms with Gasteiger partial charge in [-0.3, -0.25) is 27.5 Å². The maximum absolute atomic E-state index is 16.0. The van der Waals surface area contributed by atoms with Gasteiger partial charge in [0, 0.05) is 0 Å². The number of nitrogen functional groups attached to an aromatic ring is 1. The Bertz CT molecular complexity index is 1900. The lowest BCUT2D eigenvalue weighted by Gasteiger charge is -2.27. The largest absolute Gasteiger partial charge is 0.387 e. The van der Waals surface area contributed by atoms with Crippen LogP contribution in [0.15, 0.2) is 30.0 Å². The molecular weight excluding hydrogens is 671 g/mol. The fourth-order valence-corrected chi connectivity index (χ4v) is 8.11. The molecular formula is C20H22FN9O10P2S2. The molecule has 2 bridgehead atoms. The third-order valence-electron chi connectivity index (χ3n) is 7.23. The molecule has 3 aliphatic rings. The first-order chi connectivity index (χ1) is 20.9. The van der Waals surface area contributed by atoms with Gasteiger partial charge in [-0.1, -0.05) is 12.2 Å². The smallest absolute Gasteiger partial charge is 0.386 e. The van der Waals surface area contributed by atoms with Gasteiger partial charge < -0.3 is 29.7 Å². The number of aromatic nitrogens is 8. The number of H-pyrrole nitrogens is 1. The average molecular weight is 694 g/mol. The molecule has 4 aromatic heterocycles. The van der Waals surface area contributed by atoms with Gasteiger partial charge in [-0.2, -0.15) is 5.10 Å². The predicted molar refractivity (Wildman–Crippen MR) is 151 cm³/mol. The summed E-state index contributed by atoms with van der Waals surface area (Å²) in [5.74, 6) is 0.0563. The highest BCUT2D eigenvalue weighted by Crippen LogP contribution is 2.58. The van der Waals surface area contributed by atoms with Gasteiger partial charge >= 0.3 is 13.5 Å². The summed E-state index contributed by atoms with van der Waals surface area (Å²) in [6, 6.07) is 0. The molecule has 3 aliphatic heterocycles. The van der Waals surface area contributed by atoms with Crippen LogP contribution in [0, 0.1) is 0 Å². The molecule has 0 amide bonds. The molecule has 236 valence electrons. The molecule has 19 nitrogen and oxygen atoms in total. The molecule has 0 aliphatic carbocycles. The van der Waals surface area contributed by atoms with Gasteiger partial charge in [-0.15, -0.1) is 0 Å². The van der Waals surface area contributed by atoms with E-state index in [0.717, 1.165) is 0 Å². The number of hydrogen-bond acceptors (Lipinski definition) is 16. The number of ether oxygens (including phenoxy) is 2. The summed E-state index contributed by atoms with van der Waals surface area (Å²) in [5.41, 5.74) is 5.82. The van der Waals surface area contributed by atoms with Crippen LogP contribution in [-0.2, 0) is 43.9 Å². The van der Waals surface area contributed by atoms with Crippen LogP contribution >= 0.6 is 25.8 Å². The molecule has 0 aromatic carbocycles. The number of halogens is 1. The fraction of sp³-hybridized carbons (Fsp3) is 0.500. The van der Waals surface area contributed by atoms with Crippen LogP contribution in [-0.4, -0.2) is 99.2 Å². The number of rotatable bonds is 2. The zero-order valence-corrected chi connectivity index (χ0v) is 25.3. The lowest BCUT2D eigenvalue weighted by Crippen LogP contribution is -2.35. The number of anilines is 1. The molecule has 0 spiro atoms. The second kappa shape index (κ2) is 11.1. The molecule has 4 aromatic rings. The lowest BCUT2D eigenvalue weighted by atomic mass is 10.1. The summed E-state index contributed by atoms with van der Waals surface area (Å²) in [6.45, 7) is -9.80. The van der Waals surface area contributed by atoms with Gasteiger partial charge in [0.15, 0.2) is 35.6 Å². The molecule has 2 unspecified atom stereocenters. The van der Waals surface area contributed by atoms with Crippen LogP contribution in [0.4, 0.5) is 10.2 Å². The molecule has 3 fully saturated rings. The number of aliphatic hydroxyl groups is 1. The van der Waals surface area contributed by atoms with Crippen LogP contribution in [0.2, 0.25) is 0 Å². The number of alkyl halides is 1. The van der Waals surface area contributed by atoms with Gasteiger partial charge in [0.25, 0.3) is 5.56 Å². The highest BCUT2D eigenvalue weighted by atomic mass is 32.7. The summed E-state index contributed by atoms with van der Waals surface area (Å²) in [5, 5.41) is 17.1. The van der Waals surface area contributed by atoms with E-state index in [2.05, 4.69) is 42.4 Å². The Kier molecular flexibility index (Phi) is 7.63. The molecule has 5 N–H and O–H groups in total. The zero-order valence-electron chi connectivity index (χ0n) is 21.8. The van der Waals surface area contributed by atoms with Crippen molar-refractivity contribution in [3.63, 3.8) is 0 Å². The Morgan fingerprint density at radius 2 is 1.77 bits per heavy atom. The van der Waals surface area contributed by atoms with E-state index in [1.165, 1.54) is 34.3 Å². The van der Waals surface area contributed by atoms with E-state index in [1.54, 1.807) is 0 Å². The Labute approximate surface area is 254 Å². The first kappa shape index (κ1) is 30.2. The number of hydrogen-bond donors (Lipinski definition) is 5. The monoisotopic (exact) mass is 693 g/mol. The quantitative estimate of drug-likeness (QED) is 0.138. The number of fused-ring (bicyclic) bond motifs is 5. The SMILES string of the molecule is Nc1ncnc2c1ncn2[C@@H]1O[C@@H]2COP(=O)(S)O[C@@H]3[C@H](O)[C@@H](COP(O)(=S)O[C@H]2[C@H]1F)O[C@H]3n1cnc2c(=O)[nH]ncc21. The van der Waals surface area contributed by atoms with Gasteiger partial charge in [0.2, 0.25) is 0 Å². The van der Waals surface area contributed by atoms with Gasteiger partial charge in [0.1, 0.15) is 42.4 Å². The Balaban J connectivity index is 1.20. The maximum atomic E-state index is 16.0. The van der Waals surface area contributed by atoms with Crippen molar-refractivity contribution in [3.8, 4) is 0 Å². The summed E-state index contributed by atoms with van der Waals surface area (Å²) in [4.78, 5) is 39.2. The molecule has 0 saturated carbocycles. The van der Waals surface area contributed by atoms with Crippen LogP contribution in [0.25, 0.3) is 22.2 Å². The standard InChI is InChI=1S/C20H22FN9O10P2S2/c21-10-14-9(38-19(10)30-6-26-12-16(22)23-4-24-17(12)30)3-36-42(34,44)40-15-13(31)8(2-35-41(33,43)39-14)37-20(15)29-5-25-11-7(29)1-27-28-18(11)32/h1,4-6,8-10,13-15,19-20,31H,2-3H2,(H,28,32)(H,33,43)(H,34,44)(H2,22,23,24)/t8-,9-,10-,13-,14-,15-,19-,20-,41?,42?/m1/s1. The second-order valence-corrected chi connectivity index (χ2v) is 15.6. The molecule has 24 heteroatoms. The van der Waals surface area contributed by atoms with E-state index in [4.69, 9.17) is 45.1 Å². The van der Waals surface area contributed by atoms with Crippen molar-refractivity contribution in [2.24, 2.45) is 0 Å². The van der Waals surface area contributed by atoms with Gasteiger partial charge in [-0.25, -0.2) is 34.0 Å². The molecule has 7 heterocycles. The minimum absolute atomic E-state index is 0.00934. The summed E-state index contributed by atoms with van der Waals surface area (Å²) in [7, 11) is 0. The minimum Gasteiger partial charge on any atom is -0.387 e. The number of aliphatic hydroxyl groups excluding tert-OH is 1. The van der Waals surface area contributed by atoms with Crippen molar-refractivity contribution in [2.75, 3.05) is 18.9 Å². The van der Waals surface area contributed by atoms with E-state index < -0.39 is 81.4 Å². The van der Waals surface area contributed by atoms with Gasteiger partial charge in [-0.05, 0) is 11.8 Å². The second-order valence-electron chi connectivity index (χ2n) is 9.90. The van der Waals surface area contributed by atoms with E-state index in [0.29, 0.717) is 0 Å². The average Bonchev–Trinajstić information content (AvgIpc) is 3.73. The zero-order chi connectivity index (χ0) is 31.0. The first-order valence-electron chi connectivity index (χ1n) is 12.7. The fourth-order valence-electron chi connectivity index (χ4n) is 5.21. The van der Waals surface area contributed by atoms with E-state index in [1.807, 2.05) is 0 Å². The van der Waals surface area contributed by atoms with Crippen LogP contribution in [0.5, 0.6) is 0 Å². The number of nitrogens with zero attached hydrogens (tertiary/aromatic N) is 7. The van der Waals surface area contributed by atoms with Crippen molar-refractivity contribution in [3.05, 3.63) is 35.5 Å². The number of thiol groups is 1. The van der Waals surface area contributed by atoms with Crippen molar-refractivity contribution < 1.29 is 46.5 Å². The highest BCUT2D eigenvalue weighted by Gasteiger charge is 2.53. The van der Waals surface area contributed by atoms with E-state index in [9.17, 15) is 19.4 Å². The Morgan fingerprint density at radius 3 is 2.59 bits per heavy atom. The van der Waals surface area contributed by atoms with Crippen LogP contribution < -0.4 is 11.3 Å². The predicted octanol–water partition coefficient (Wildman–Crippen LogP) is 0.107. The lowest BCUT2D eigenvalue weighted by molar-refractivity contribution is -0.0583. The third-order valence-corrected chi connectivity index (χ3v) is 10.4. The first-order valence-corrected chi connectivity index (χ1v) is 18.0. The molecule has 7 rings (SSSR count). The van der Waals surface area contributed by atoms with Crippen LogP contribution in [0.3, 0.4) is 0 Å². The molecule has 0 radical (unpaired) electrons. The topological polar surface area (TPSA) is 246 Å². The number of aromatic amines is 1. The normalized spacial score (nSPS) is 38.3. The summed E-state index contributed by atoms with van der Waals surface area (Å²) >= 11 is 9.21. The molecule has 44 heavy (non-hydrogen) atoms. The van der Waals surface area contributed by atoms with Crippen molar-refractivity contribution in [1.82, 2.24) is 39.3 Å². The Morgan fingerprint density at radius 1 is 1.05 bits per heavy atom. The Hall–Kier alpha value is -2.46. The van der Waals surface area contributed by atoms with Crippen molar-refractivity contribution in [2.45, 2.75) is 49.1 Å². The summed E-state index contributed by atoms with van der Waals surface area (Å²) < 4.78 is 66.0. The highest BCUT2D eigenvalue weighted by molar-refractivity contribution is 8.44.